The number of hydrogen-bond acceptors (Lipinski definition) is 3. The van der Waals surface area contributed by atoms with Crippen molar-refractivity contribution in [3.05, 3.63) is 18.5 Å². The van der Waals surface area contributed by atoms with E-state index in [2.05, 4.69) is 35.5 Å². The Morgan fingerprint density at radius 3 is 2.64 bits per heavy atom. The van der Waals surface area contributed by atoms with E-state index in [0.717, 1.165) is 23.8 Å². The number of nitrogens with zero attached hydrogens (tertiary/aromatic N) is 1. The zero-order valence-corrected chi connectivity index (χ0v) is 9.17. The maximum Gasteiger partial charge on any atom is 0.0547 e. The van der Waals surface area contributed by atoms with Crippen LogP contribution in [0.15, 0.2) is 18.5 Å². The van der Waals surface area contributed by atoms with Gasteiger partial charge in [-0.15, -0.1) is 0 Å². The van der Waals surface area contributed by atoms with Gasteiger partial charge in [-0.05, 0) is 18.4 Å². The average Bonchev–Trinajstić information content (AvgIpc) is 2.18. The molecule has 0 aliphatic carbocycles. The van der Waals surface area contributed by atoms with Crippen molar-refractivity contribution in [2.24, 2.45) is 5.92 Å². The summed E-state index contributed by atoms with van der Waals surface area (Å²) in [7, 11) is 1.90. The van der Waals surface area contributed by atoms with E-state index in [1.165, 1.54) is 6.42 Å². The summed E-state index contributed by atoms with van der Waals surface area (Å²) in [6.07, 6.45) is 4.85. The van der Waals surface area contributed by atoms with Gasteiger partial charge in [0, 0.05) is 13.6 Å². The summed E-state index contributed by atoms with van der Waals surface area (Å²) in [5, 5.41) is 6.41. The highest BCUT2D eigenvalue weighted by Crippen LogP contribution is 2.12. The molecule has 0 atom stereocenters. The second-order valence-corrected chi connectivity index (χ2v) is 3.82. The van der Waals surface area contributed by atoms with E-state index >= 15 is 0 Å². The Balaban J connectivity index is 2.42. The highest BCUT2D eigenvalue weighted by Gasteiger charge is 1.96. The fourth-order valence-corrected chi connectivity index (χ4v) is 1.18. The molecule has 0 unspecified atom stereocenters. The lowest BCUT2D eigenvalue weighted by atomic mass is 10.1. The summed E-state index contributed by atoms with van der Waals surface area (Å²) in [5.74, 6) is 0.739. The first-order valence-corrected chi connectivity index (χ1v) is 5.09. The van der Waals surface area contributed by atoms with Crippen LogP contribution in [0.3, 0.4) is 0 Å². The molecule has 78 valence electrons. The Labute approximate surface area is 85.9 Å². The first-order chi connectivity index (χ1) is 6.72. The van der Waals surface area contributed by atoms with Crippen molar-refractivity contribution >= 4 is 11.4 Å². The van der Waals surface area contributed by atoms with Gasteiger partial charge in [0.05, 0.1) is 23.8 Å². The van der Waals surface area contributed by atoms with Crippen molar-refractivity contribution in [2.75, 3.05) is 24.2 Å². The van der Waals surface area contributed by atoms with Crippen LogP contribution in [-0.4, -0.2) is 18.6 Å². The van der Waals surface area contributed by atoms with Crippen LogP contribution in [0.25, 0.3) is 0 Å². The molecule has 0 spiro atoms. The maximum absolute atomic E-state index is 4.13. The summed E-state index contributed by atoms with van der Waals surface area (Å²) in [6, 6.07) is 2.06. The largest absolute Gasteiger partial charge is 0.387 e. The average molecular weight is 193 g/mol. The molecule has 1 heterocycles. The minimum atomic E-state index is 0.739. The fraction of sp³-hybridized carbons (Fsp3) is 0.545. The number of hydrogen-bond donors (Lipinski definition) is 2. The summed E-state index contributed by atoms with van der Waals surface area (Å²) in [4.78, 5) is 4.13. The van der Waals surface area contributed by atoms with E-state index in [0.29, 0.717) is 0 Å². The quantitative estimate of drug-likeness (QED) is 0.754. The number of anilines is 2. The van der Waals surface area contributed by atoms with Gasteiger partial charge in [-0.25, -0.2) is 0 Å². The van der Waals surface area contributed by atoms with Crippen LogP contribution in [0.5, 0.6) is 0 Å². The molecule has 0 amide bonds. The topological polar surface area (TPSA) is 37.0 Å². The highest BCUT2D eigenvalue weighted by atomic mass is 14.9. The highest BCUT2D eigenvalue weighted by molar-refractivity contribution is 5.53. The lowest BCUT2D eigenvalue weighted by Gasteiger charge is -2.08. The predicted molar refractivity (Wildman–Crippen MR) is 61.7 cm³/mol. The van der Waals surface area contributed by atoms with Gasteiger partial charge in [0.2, 0.25) is 0 Å². The minimum Gasteiger partial charge on any atom is -0.387 e. The second kappa shape index (κ2) is 5.47. The summed E-state index contributed by atoms with van der Waals surface area (Å²) >= 11 is 0. The Morgan fingerprint density at radius 1 is 1.29 bits per heavy atom. The van der Waals surface area contributed by atoms with E-state index in [1.54, 1.807) is 0 Å². The Bertz CT molecular complexity index is 271. The van der Waals surface area contributed by atoms with Gasteiger partial charge < -0.3 is 10.6 Å². The zero-order valence-electron chi connectivity index (χ0n) is 9.17. The summed E-state index contributed by atoms with van der Waals surface area (Å²) in [6.45, 7) is 5.46. The standard InChI is InChI=1S/C11H19N3/c1-9(2)4-5-14-11-6-10(12-3)7-13-8-11/h6-9,12,14H,4-5H2,1-3H3. The van der Waals surface area contributed by atoms with E-state index in [9.17, 15) is 0 Å². The lowest BCUT2D eigenvalue weighted by molar-refractivity contribution is 0.607. The number of aromatic nitrogens is 1. The zero-order chi connectivity index (χ0) is 10.4. The molecule has 0 saturated heterocycles. The smallest absolute Gasteiger partial charge is 0.0547 e. The third-order valence-corrected chi connectivity index (χ3v) is 2.08. The van der Waals surface area contributed by atoms with Crippen LogP contribution in [-0.2, 0) is 0 Å². The SMILES string of the molecule is CNc1cncc(NCCC(C)C)c1. The summed E-state index contributed by atoms with van der Waals surface area (Å²) < 4.78 is 0. The van der Waals surface area contributed by atoms with Gasteiger partial charge in [0.15, 0.2) is 0 Å². The lowest BCUT2D eigenvalue weighted by Crippen LogP contribution is -2.05. The molecule has 3 nitrogen and oxygen atoms in total. The van der Waals surface area contributed by atoms with Crippen molar-refractivity contribution in [1.82, 2.24) is 4.98 Å². The fourth-order valence-electron chi connectivity index (χ4n) is 1.18. The third kappa shape index (κ3) is 3.64. The molecule has 0 bridgehead atoms. The van der Waals surface area contributed by atoms with Crippen molar-refractivity contribution < 1.29 is 0 Å². The van der Waals surface area contributed by atoms with Gasteiger partial charge in [-0.2, -0.15) is 0 Å². The Morgan fingerprint density at radius 2 is 2.00 bits per heavy atom. The molecule has 0 radical (unpaired) electrons. The van der Waals surface area contributed by atoms with Crippen molar-refractivity contribution in [2.45, 2.75) is 20.3 Å². The third-order valence-electron chi connectivity index (χ3n) is 2.08. The molecule has 1 aromatic heterocycles. The monoisotopic (exact) mass is 193 g/mol. The molecule has 2 N–H and O–H groups in total. The molecule has 0 saturated carbocycles. The second-order valence-electron chi connectivity index (χ2n) is 3.82. The Kier molecular flexibility index (Phi) is 4.23. The van der Waals surface area contributed by atoms with E-state index in [4.69, 9.17) is 0 Å². The first kappa shape index (κ1) is 10.8. The molecule has 1 aromatic rings. The summed E-state index contributed by atoms with van der Waals surface area (Å²) in [5.41, 5.74) is 2.12. The molecule has 0 aromatic carbocycles. The van der Waals surface area contributed by atoms with Gasteiger partial charge in [0.25, 0.3) is 0 Å². The van der Waals surface area contributed by atoms with Gasteiger partial charge in [0.1, 0.15) is 0 Å². The minimum absolute atomic E-state index is 0.739. The van der Waals surface area contributed by atoms with Crippen LogP contribution in [0.4, 0.5) is 11.4 Å². The van der Waals surface area contributed by atoms with E-state index in [-0.39, 0.29) is 0 Å². The predicted octanol–water partition coefficient (Wildman–Crippen LogP) is 2.58. The first-order valence-electron chi connectivity index (χ1n) is 5.09. The van der Waals surface area contributed by atoms with Crippen LogP contribution in [0, 0.1) is 5.92 Å². The molecule has 0 aliphatic rings. The normalized spacial score (nSPS) is 10.3. The van der Waals surface area contributed by atoms with Crippen molar-refractivity contribution in [3.63, 3.8) is 0 Å². The van der Waals surface area contributed by atoms with Crippen LogP contribution < -0.4 is 10.6 Å². The van der Waals surface area contributed by atoms with E-state index < -0.39 is 0 Å². The molecular formula is C11H19N3. The Hall–Kier alpha value is -1.25. The molecule has 3 heteroatoms. The van der Waals surface area contributed by atoms with Crippen molar-refractivity contribution in [1.29, 1.82) is 0 Å². The van der Waals surface area contributed by atoms with Gasteiger partial charge in [-0.3, -0.25) is 4.98 Å². The number of rotatable bonds is 5. The molecule has 0 aliphatic heterocycles. The van der Waals surface area contributed by atoms with E-state index in [1.807, 2.05) is 19.4 Å². The van der Waals surface area contributed by atoms with Crippen LogP contribution in [0.1, 0.15) is 20.3 Å². The van der Waals surface area contributed by atoms with Crippen LogP contribution in [0.2, 0.25) is 0 Å². The van der Waals surface area contributed by atoms with Crippen molar-refractivity contribution in [3.8, 4) is 0 Å². The molecule has 1 rings (SSSR count). The maximum atomic E-state index is 4.13. The number of pyridine rings is 1. The number of nitrogens with one attached hydrogen (secondary N) is 2. The van der Waals surface area contributed by atoms with Gasteiger partial charge >= 0.3 is 0 Å². The van der Waals surface area contributed by atoms with Gasteiger partial charge in [-0.1, -0.05) is 13.8 Å². The molecular weight excluding hydrogens is 174 g/mol. The molecule has 0 fully saturated rings. The molecule has 14 heavy (non-hydrogen) atoms. The van der Waals surface area contributed by atoms with Crippen LogP contribution >= 0.6 is 0 Å².